The predicted octanol–water partition coefficient (Wildman–Crippen LogP) is 4.24. The first-order valence-corrected chi connectivity index (χ1v) is 14.0. The zero-order chi connectivity index (χ0) is 28.8. The smallest absolute Gasteiger partial charge is 0.338 e. The molecule has 0 radical (unpaired) electrons. The number of fused-ring (bicyclic) bond motifs is 1. The van der Waals surface area contributed by atoms with Gasteiger partial charge in [0.1, 0.15) is 17.6 Å². The molecule has 0 amide bonds. The van der Waals surface area contributed by atoms with Gasteiger partial charge in [-0.1, -0.05) is 65.9 Å². The van der Waals surface area contributed by atoms with Gasteiger partial charge in [0.15, 0.2) is 11.4 Å². The Bertz CT molecular complexity index is 1800. The Morgan fingerprint density at radius 3 is 2.32 bits per heavy atom. The van der Waals surface area contributed by atoms with Crippen molar-refractivity contribution in [2.45, 2.75) is 19.9 Å². The number of rotatable bonds is 9. The van der Waals surface area contributed by atoms with Crippen LogP contribution < -0.4 is 24.4 Å². The van der Waals surface area contributed by atoms with E-state index in [1.165, 1.54) is 11.3 Å². The third-order valence-electron chi connectivity index (χ3n) is 6.36. The first-order valence-electron chi connectivity index (χ1n) is 13.1. The monoisotopic (exact) mass is 565 g/mol. The third-order valence-corrected chi connectivity index (χ3v) is 7.34. The molecule has 206 valence electrons. The van der Waals surface area contributed by atoms with Gasteiger partial charge in [0.25, 0.3) is 5.56 Å². The van der Waals surface area contributed by atoms with Crippen molar-refractivity contribution in [1.82, 2.24) is 4.57 Å². The van der Waals surface area contributed by atoms with Crippen molar-refractivity contribution in [1.29, 1.82) is 5.26 Å². The minimum absolute atomic E-state index is 0.0456. The number of nitrogens with zero attached hydrogens (tertiary/aromatic N) is 3. The zero-order valence-electron chi connectivity index (χ0n) is 22.6. The quantitative estimate of drug-likeness (QED) is 0.282. The van der Waals surface area contributed by atoms with E-state index in [9.17, 15) is 9.59 Å². The van der Waals surface area contributed by atoms with Crippen molar-refractivity contribution in [2.24, 2.45) is 4.99 Å². The van der Waals surface area contributed by atoms with Gasteiger partial charge in [0.2, 0.25) is 0 Å². The van der Waals surface area contributed by atoms with E-state index in [2.05, 4.69) is 0 Å². The number of nitriles is 1. The lowest BCUT2D eigenvalue weighted by Gasteiger charge is -2.26. The minimum atomic E-state index is -0.764. The second-order valence-electron chi connectivity index (χ2n) is 8.95. The van der Waals surface area contributed by atoms with Crippen molar-refractivity contribution >= 4 is 29.1 Å². The van der Waals surface area contributed by atoms with Crippen molar-refractivity contribution < 1.29 is 19.0 Å². The average Bonchev–Trinajstić information content (AvgIpc) is 3.31. The highest BCUT2D eigenvalue weighted by atomic mass is 32.1. The number of esters is 1. The maximum atomic E-state index is 14.0. The van der Waals surface area contributed by atoms with Gasteiger partial charge in [-0.3, -0.25) is 9.36 Å². The molecule has 1 aromatic heterocycles. The van der Waals surface area contributed by atoms with Gasteiger partial charge in [0, 0.05) is 5.56 Å². The molecular formula is C32H27N3O5S. The summed E-state index contributed by atoms with van der Waals surface area (Å²) in [5.74, 6) is 0.722. The minimum Gasteiger partial charge on any atom is -0.494 e. The third kappa shape index (κ3) is 5.83. The number of aromatic nitrogens is 1. The summed E-state index contributed by atoms with van der Waals surface area (Å²) in [5, 5.41) is 8.74. The fourth-order valence-electron chi connectivity index (χ4n) is 4.60. The first-order chi connectivity index (χ1) is 20.0. The highest BCUT2D eigenvalue weighted by molar-refractivity contribution is 7.07. The molecule has 0 bridgehead atoms. The van der Waals surface area contributed by atoms with E-state index in [-0.39, 0.29) is 18.8 Å². The van der Waals surface area contributed by atoms with Gasteiger partial charge in [-0.2, -0.15) is 5.26 Å². The molecule has 2 heterocycles. The van der Waals surface area contributed by atoms with E-state index in [4.69, 9.17) is 24.5 Å². The van der Waals surface area contributed by atoms with Crippen molar-refractivity contribution in [2.75, 3.05) is 19.8 Å². The molecular weight excluding hydrogens is 538 g/mol. The molecule has 1 atom stereocenters. The first kappa shape index (κ1) is 27.6. The van der Waals surface area contributed by atoms with Crippen LogP contribution in [0.25, 0.3) is 11.8 Å². The summed E-state index contributed by atoms with van der Waals surface area (Å²) in [7, 11) is 0. The largest absolute Gasteiger partial charge is 0.494 e. The molecule has 4 aromatic rings. The fraction of sp³-hybridized carbons (Fsp3) is 0.188. The molecule has 0 spiro atoms. The molecule has 0 saturated heterocycles. The summed E-state index contributed by atoms with van der Waals surface area (Å²) >= 11 is 1.25. The normalized spacial score (nSPS) is 14.6. The summed E-state index contributed by atoms with van der Waals surface area (Å²) in [6.45, 7) is 4.31. The number of benzene rings is 3. The van der Waals surface area contributed by atoms with Crippen molar-refractivity contribution in [3.05, 3.63) is 121 Å². The molecule has 3 aromatic carbocycles. The SMILES string of the molecule is CCOC(=O)C1=C(c2ccccc2)N=c2s/c(=C\c3ccc(OCC#N)cc3)c(=O)n2[C@H]1c1ccc(OCC)cc1. The lowest BCUT2D eigenvalue weighted by atomic mass is 9.93. The van der Waals surface area contributed by atoms with Crippen molar-refractivity contribution in [3.63, 3.8) is 0 Å². The van der Waals surface area contributed by atoms with Crippen LogP contribution in [0.3, 0.4) is 0 Å². The lowest BCUT2D eigenvalue weighted by Crippen LogP contribution is -2.40. The van der Waals surface area contributed by atoms with Crippen molar-refractivity contribution in [3.8, 4) is 17.6 Å². The Morgan fingerprint density at radius 1 is 0.976 bits per heavy atom. The number of ether oxygens (including phenoxy) is 3. The fourth-order valence-corrected chi connectivity index (χ4v) is 5.60. The Kier molecular flexibility index (Phi) is 8.42. The van der Waals surface area contributed by atoms with E-state index >= 15 is 0 Å². The number of hydrogen-bond acceptors (Lipinski definition) is 8. The Morgan fingerprint density at radius 2 is 1.66 bits per heavy atom. The second-order valence-corrected chi connectivity index (χ2v) is 9.96. The van der Waals surface area contributed by atoms with Crippen LogP contribution in [0.1, 0.15) is 36.6 Å². The maximum absolute atomic E-state index is 14.0. The van der Waals surface area contributed by atoms with Gasteiger partial charge < -0.3 is 14.2 Å². The van der Waals surface area contributed by atoms with Gasteiger partial charge in [-0.25, -0.2) is 9.79 Å². The predicted molar refractivity (Wildman–Crippen MR) is 156 cm³/mol. The van der Waals surface area contributed by atoms with E-state index in [0.29, 0.717) is 38.7 Å². The number of carbonyl (C=O) groups excluding carboxylic acids is 1. The molecule has 0 N–H and O–H groups in total. The average molecular weight is 566 g/mol. The van der Waals surface area contributed by atoms with Crippen LogP contribution >= 0.6 is 11.3 Å². The summed E-state index contributed by atoms with van der Waals surface area (Å²) < 4.78 is 18.5. The number of hydrogen-bond donors (Lipinski definition) is 0. The van der Waals surface area contributed by atoms with Crippen LogP contribution in [0, 0.1) is 11.3 Å². The molecule has 41 heavy (non-hydrogen) atoms. The van der Waals surface area contributed by atoms with Gasteiger partial charge in [0.05, 0.1) is 35.1 Å². The topological polar surface area (TPSA) is 103 Å². The van der Waals surface area contributed by atoms with Crippen LogP contribution in [0.4, 0.5) is 0 Å². The molecule has 9 heteroatoms. The summed E-state index contributed by atoms with van der Waals surface area (Å²) in [6.07, 6.45) is 1.78. The van der Waals surface area contributed by atoms with E-state index in [1.807, 2.05) is 79.7 Å². The second kappa shape index (κ2) is 12.5. The van der Waals surface area contributed by atoms with E-state index in [1.54, 1.807) is 29.7 Å². The summed E-state index contributed by atoms with van der Waals surface area (Å²) in [4.78, 5) is 32.8. The molecule has 8 nitrogen and oxygen atoms in total. The molecule has 0 fully saturated rings. The molecule has 0 saturated carbocycles. The number of carbonyl (C=O) groups is 1. The highest BCUT2D eigenvalue weighted by Crippen LogP contribution is 2.35. The maximum Gasteiger partial charge on any atom is 0.338 e. The summed E-state index contributed by atoms with van der Waals surface area (Å²) in [6, 6.07) is 25.1. The standard InChI is InChI=1S/C32H27N3O5S/c1-3-38-24-16-12-23(13-17-24)29-27(31(37)39-4-2)28(22-8-6-5-7-9-22)34-32-35(29)30(36)26(41-32)20-21-10-14-25(15-11-21)40-19-18-33/h5-17,20,29H,3-4,19H2,1-2H3/b26-20-/t29-/m0/s1. The van der Waals surface area contributed by atoms with Crippen LogP contribution in [0.2, 0.25) is 0 Å². The molecule has 1 aliphatic rings. The lowest BCUT2D eigenvalue weighted by molar-refractivity contribution is -0.138. The van der Waals surface area contributed by atoms with Crippen LogP contribution in [-0.2, 0) is 9.53 Å². The molecule has 0 aliphatic carbocycles. The highest BCUT2D eigenvalue weighted by Gasteiger charge is 2.35. The summed E-state index contributed by atoms with van der Waals surface area (Å²) in [5.41, 5.74) is 2.75. The molecule has 1 aliphatic heterocycles. The van der Waals surface area contributed by atoms with Crippen LogP contribution in [0.15, 0.2) is 94.2 Å². The van der Waals surface area contributed by atoms with E-state index in [0.717, 1.165) is 16.7 Å². The van der Waals surface area contributed by atoms with Gasteiger partial charge >= 0.3 is 5.97 Å². The Labute approximate surface area is 240 Å². The Hall–Kier alpha value is -4.94. The number of thiazole rings is 1. The Balaban J connectivity index is 1.72. The van der Waals surface area contributed by atoms with Crippen LogP contribution in [-0.4, -0.2) is 30.4 Å². The van der Waals surface area contributed by atoms with Crippen LogP contribution in [0.5, 0.6) is 11.5 Å². The van der Waals surface area contributed by atoms with Gasteiger partial charge in [-0.05, 0) is 55.3 Å². The zero-order valence-corrected chi connectivity index (χ0v) is 23.4. The van der Waals surface area contributed by atoms with E-state index < -0.39 is 12.0 Å². The molecule has 0 unspecified atom stereocenters. The molecule has 5 rings (SSSR count). The van der Waals surface area contributed by atoms with Gasteiger partial charge in [-0.15, -0.1) is 0 Å².